The van der Waals surface area contributed by atoms with Crippen molar-refractivity contribution in [3.8, 4) is 0 Å². The van der Waals surface area contributed by atoms with Gasteiger partial charge in [-0.05, 0) is 24.0 Å². The second kappa shape index (κ2) is 8.46. The van der Waals surface area contributed by atoms with E-state index < -0.39 is 11.0 Å². The van der Waals surface area contributed by atoms with Crippen LogP contribution < -0.4 is 5.43 Å². The number of cyclic esters (lactones) is 1. The van der Waals surface area contributed by atoms with Crippen LogP contribution >= 0.6 is 0 Å². The molecule has 2 atom stereocenters. The van der Waals surface area contributed by atoms with Crippen LogP contribution in [-0.2, 0) is 11.2 Å². The van der Waals surface area contributed by atoms with Gasteiger partial charge in [0.2, 0.25) is 0 Å². The number of ether oxygens (including phenoxy) is 1. The molecule has 0 radical (unpaired) electrons. The van der Waals surface area contributed by atoms with Crippen LogP contribution in [0.3, 0.4) is 0 Å². The van der Waals surface area contributed by atoms with Crippen molar-refractivity contribution >= 4 is 11.8 Å². The number of carbonyl (C=O) groups is 1. The van der Waals surface area contributed by atoms with Crippen LogP contribution in [0.4, 0.5) is 10.5 Å². The molecule has 0 unspecified atom stereocenters. The van der Waals surface area contributed by atoms with Gasteiger partial charge in [0.1, 0.15) is 6.61 Å². The van der Waals surface area contributed by atoms with Crippen molar-refractivity contribution < 1.29 is 14.5 Å². The number of non-ortho nitro benzene ring substituents is 1. The Morgan fingerprint density at radius 2 is 2.07 bits per heavy atom. The second-order valence-electron chi connectivity index (χ2n) is 6.35. The van der Waals surface area contributed by atoms with E-state index in [0.29, 0.717) is 18.4 Å². The molecule has 0 aromatic heterocycles. The molecule has 1 aliphatic heterocycles. The van der Waals surface area contributed by atoms with Gasteiger partial charge in [0.25, 0.3) is 5.69 Å². The summed E-state index contributed by atoms with van der Waals surface area (Å²) in [7, 11) is 0. The molecule has 1 aliphatic rings. The van der Waals surface area contributed by atoms with E-state index in [9.17, 15) is 14.9 Å². The standard InChI is InChI=1S/C20H21N3O4/c1-2-7-19(16-10-6-11-17(13-16)23(25)26)21-22-18(14-27-20(22)24)12-15-8-4-3-5-9-15/h2-6,8-11,13,18-19,21H,1,7,12,14H2/t18-,19-/m0/s1. The van der Waals surface area contributed by atoms with Crippen LogP contribution in [0.2, 0.25) is 0 Å². The van der Waals surface area contributed by atoms with E-state index in [2.05, 4.69) is 12.0 Å². The number of nitro groups is 1. The lowest BCUT2D eigenvalue weighted by Crippen LogP contribution is -2.47. The number of benzene rings is 2. The van der Waals surface area contributed by atoms with Gasteiger partial charge in [-0.1, -0.05) is 48.5 Å². The molecule has 27 heavy (non-hydrogen) atoms. The fraction of sp³-hybridized carbons (Fsp3) is 0.250. The molecule has 0 saturated carbocycles. The van der Waals surface area contributed by atoms with Crippen molar-refractivity contribution in [1.82, 2.24) is 10.4 Å². The van der Waals surface area contributed by atoms with Gasteiger partial charge in [0.05, 0.1) is 17.0 Å². The minimum absolute atomic E-state index is 0.00759. The third-order valence-electron chi connectivity index (χ3n) is 4.46. The first-order valence-corrected chi connectivity index (χ1v) is 8.70. The van der Waals surface area contributed by atoms with Crippen molar-refractivity contribution in [1.29, 1.82) is 0 Å². The molecule has 0 aliphatic carbocycles. The van der Waals surface area contributed by atoms with Gasteiger partial charge >= 0.3 is 6.09 Å². The fourth-order valence-electron chi connectivity index (χ4n) is 3.11. The van der Waals surface area contributed by atoms with E-state index in [1.54, 1.807) is 18.2 Å². The smallest absolute Gasteiger partial charge is 0.424 e. The van der Waals surface area contributed by atoms with E-state index in [-0.39, 0.29) is 24.4 Å². The number of amides is 1. The lowest BCUT2D eigenvalue weighted by atomic mass is 10.0. The van der Waals surface area contributed by atoms with Crippen LogP contribution in [0.5, 0.6) is 0 Å². The normalized spacial score (nSPS) is 17.4. The first kappa shape index (κ1) is 18.6. The number of hydrogen-bond donors (Lipinski definition) is 1. The SMILES string of the molecule is C=CC[C@H](NN1C(=O)OC[C@@H]1Cc1ccccc1)c1cccc([N+](=O)[O-])c1. The summed E-state index contributed by atoms with van der Waals surface area (Å²) in [4.78, 5) is 22.9. The number of hydrazine groups is 1. The van der Waals surface area contributed by atoms with Gasteiger partial charge < -0.3 is 4.74 Å². The third kappa shape index (κ3) is 4.51. The predicted octanol–water partition coefficient (Wildman–Crippen LogP) is 3.78. The first-order chi connectivity index (χ1) is 13.1. The molecule has 0 bridgehead atoms. The number of nitrogens with zero attached hydrogens (tertiary/aromatic N) is 2. The molecule has 3 rings (SSSR count). The van der Waals surface area contributed by atoms with E-state index in [1.807, 2.05) is 30.3 Å². The monoisotopic (exact) mass is 367 g/mol. The largest absolute Gasteiger partial charge is 0.446 e. The lowest BCUT2D eigenvalue weighted by Gasteiger charge is -2.28. The minimum Gasteiger partial charge on any atom is -0.446 e. The number of carbonyl (C=O) groups excluding carboxylic acids is 1. The number of rotatable bonds is 8. The van der Waals surface area contributed by atoms with E-state index >= 15 is 0 Å². The molecule has 0 spiro atoms. The highest BCUT2D eigenvalue weighted by Gasteiger charge is 2.35. The number of hydrogen-bond acceptors (Lipinski definition) is 5. The zero-order valence-electron chi connectivity index (χ0n) is 14.8. The van der Waals surface area contributed by atoms with Gasteiger partial charge in [-0.2, -0.15) is 0 Å². The molecule has 2 aromatic carbocycles. The van der Waals surface area contributed by atoms with Gasteiger partial charge in [0.15, 0.2) is 0 Å². The second-order valence-corrected chi connectivity index (χ2v) is 6.35. The highest BCUT2D eigenvalue weighted by atomic mass is 16.6. The van der Waals surface area contributed by atoms with Crippen molar-refractivity contribution in [2.24, 2.45) is 0 Å². The summed E-state index contributed by atoms with van der Waals surface area (Å²) in [5.74, 6) is 0. The van der Waals surface area contributed by atoms with Crippen molar-refractivity contribution in [3.63, 3.8) is 0 Å². The van der Waals surface area contributed by atoms with Crippen LogP contribution in [0.25, 0.3) is 0 Å². The van der Waals surface area contributed by atoms with E-state index in [0.717, 1.165) is 5.56 Å². The van der Waals surface area contributed by atoms with Crippen LogP contribution in [0.15, 0.2) is 67.3 Å². The lowest BCUT2D eigenvalue weighted by molar-refractivity contribution is -0.384. The Labute approximate surface area is 157 Å². The van der Waals surface area contributed by atoms with Crippen molar-refractivity contribution in [3.05, 3.63) is 88.5 Å². The highest BCUT2D eigenvalue weighted by molar-refractivity contribution is 5.69. The molecule has 1 N–H and O–H groups in total. The molecule has 1 saturated heterocycles. The Bertz CT molecular complexity index is 825. The number of nitro benzene ring substituents is 1. The number of nitrogens with one attached hydrogen (secondary N) is 1. The summed E-state index contributed by atoms with van der Waals surface area (Å²) in [6.45, 7) is 4.04. The summed E-state index contributed by atoms with van der Waals surface area (Å²) in [5, 5.41) is 12.6. The van der Waals surface area contributed by atoms with Crippen LogP contribution in [-0.4, -0.2) is 28.7 Å². The Balaban J connectivity index is 1.79. The van der Waals surface area contributed by atoms with Gasteiger partial charge in [0, 0.05) is 12.1 Å². The Hall–Kier alpha value is -3.19. The summed E-state index contributed by atoms with van der Waals surface area (Å²) >= 11 is 0. The highest BCUT2D eigenvalue weighted by Crippen LogP contribution is 2.25. The molecule has 1 fully saturated rings. The van der Waals surface area contributed by atoms with Crippen molar-refractivity contribution in [2.45, 2.75) is 24.9 Å². The molecule has 7 heteroatoms. The Morgan fingerprint density at radius 3 is 2.78 bits per heavy atom. The average Bonchev–Trinajstić information content (AvgIpc) is 3.02. The van der Waals surface area contributed by atoms with Crippen molar-refractivity contribution in [2.75, 3.05) is 6.61 Å². The zero-order chi connectivity index (χ0) is 19.2. The maximum Gasteiger partial charge on any atom is 0.424 e. The Morgan fingerprint density at radius 1 is 1.30 bits per heavy atom. The third-order valence-corrected chi connectivity index (χ3v) is 4.46. The van der Waals surface area contributed by atoms with E-state index in [4.69, 9.17) is 4.74 Å². The Kier molecular flexibility index (Phi) is 5.83. The quantitative estimate of drug-likeness (QED) is 0.436. The molecule has 140 valence electrons. The molecule has 2 aromatic rings. The van der Waals surface area contributed by atoms with E-state index in [1.165, 1.54) is 17.1 Å². The predicted molar refractivity (Wildman–Crippen MR) is 101 cm³/mol. The van der Waals surface area contributed by atoms with Crippen LogP contribution in [0.1, 0.15) is 23.6 Å². The van der Waals surface area contributed by atoms with Gasteiger partial charge in [-0.3, -0.25) is 10.1 Å². The topological polar surface area (TPSA) is 84.7 Å². The average molecular weight is 367 g/mol. The van der Waals surface area contributed by atoms with Gasteiger partial charge in [-0.25, -0.2) is 15.2 Å². The maximum absolute atomic E-state index is 12.2. The summed E-state index contributed by atoms with van der Waals surface area (Å²) in [6.07, 6.45) is 2.41. The van der Waals surface area contributed by atoms with Crippen LogP contribution in [0, 0.1) is 10.1 Å². The summed E-state index contributed by atoms with van der Waals surface area (Å²) in [5.41, 5.74) is 5.00. The zero-order valence-corrected chi connectivity index (χ0v) is 14.8. The molecule has 1 heterocycles. The summed E-state index contributed by atoms with van der Waals surface area (Å²) in [6, 6.07) is 15.7. The molecular formula is C20H21N3O4. The molecular weight excluding hydrogens is 346 g/mol. The summed E-state index contributed by atoms with van der Waals surface area (Å²) < 4.78 is 5.22. The van der Waals surface area contributed by atoms with Gasteiger partial charge in [-0.15, -0.1) is 6.58 Å². The molecule has 7 nitrogen and oxygen atoms in total. The minimum atomic E-state index is -0.449. The maximum atomic E-state index is 12.2. The first-order valence-electron chi connectivity index (χ1n) is 8.70. The fourth-order valence-corrected chi connectivity index (χ4v) is 3.11. The molecule has 1 amide bonds.